The molecule has 0 fully saturated rings. The molecule has 7 nitrogen and oxygen atoms in total. The number of aromatic nitrogens is 2. The van der Waals surface area contributed by atoms with Gasteiger partial charge in [0, 0.05) is 5.69 Å². The molecule has 0 saturated carbocycles. The van der Waals surface area contributed by atoms with Gasteiger partial charge >= 0.3 is 6.03 Å². The summed E-state index contributed by atoms with van der Waals surface area (Å²) < 4.78 is 1.17. The third kappa shape index (κ3) is 3.72. The predicted molar refractivity (Wildman–Crippen MR) is 94.3 cm³/mol. The number of anilines is 1. The van der Waals surface area contributed by atoms with Crippen LogP contribution in [0.1, 0.15) is 5.56 Å². The zero-order chi connectivity index (χ0) is 17.8. The number of hydrogen-bond donors (Lipinski definition) is 2. The molecule has 0 aliphatic heterocycles. The Bertz CT molecular complexity index is 996. The fourth-order valence-corrected chi connectivity index (χ4v) is 2.45. The molecule has 2 N–H and O–H groups in total. The van der Waals surface area contributed by atoms with Gasteiger partial charge in [0.1, 0.15) is 6.54 Å². The maximum atomic E-state index is 12.4. The Kier molecular flexibility index (Phi) is 4.56. The number of hydrogen-bond acceptors (Lipinski definition) is 4. The molecule has 0 unspecified atom stereocenters. The normalized spacial score (nSPS) is 10.4. The molecule has 3 aromatic rings. The van der Waals surface area contributed by atoms with Crippen molar-refractivity contribution in [2.45, 2.75) is 13.5 Å². The van der Waals surface area contributed by atoms with Crippen molar-refractivity contribution in [3.63, 3.8) is 0 Å². The number of aryl methyl sites for hydroxylation is 1. The van der Waals surface area contributed by atoms with Gasteiger partial charge < -0.3 is 5.32 Å². The monoisotopic (exact) mass is 336 g/mol. The Balaban J connectivity index is 1.71. The Morgan fingerprint density at radius 2 is 1.84 bits per heavy atom. The van der Waals surface area contributed by atoms with Crippen LogP contribution in [0, 0.1) is 6.92 Å². The van der Waals surface area contributed by atoms with Crippen LogP contribution < -0.4 is 16.2 Å². The van der Waals surface area contributed by atoms with Crippen LogP contribution in [0.15, 0.2) is 59.7 Å². The number of rotatable bonds is 3. The van der Waals surface area contributed by atoms with Crippen molar-refractivity contribution in [2.75, 3.05) is 5.32 Å². The van der Waals surface area contributed by atoms with Crippen molar-refractivity contribution in [1.82, 2.24) is 14.9 Å². The highest BCUT2D eigenvalue weighted by Gasteiger charge is 2.11. The lowest BCUT2D eigenvalue weighted by atomic mass is 10.1. The van der Waals surface area contributed by atoms with E-state index < -0.39 is 11.9 Å². The van der Waals surface area contributed by atoms with Crippen LogP contribution in [-0.2, 0) is 11.3 Å². The fourth-order valence-electron chi connectivity index (χ4n) is 2.45. The van der Waals surface area contributed by atoms with Gasteiger partial charge in [0.2, 0.25) is 5.91 Å². The Morgan fingerprint density at radius 3 is 2.60 bits per heavy atom. The van der Waals surface area contributed by atoms with Gasteiger partial charge in [-0.3, -0.25) is 19.5 Å². The van der Waals surface area contributed by atoms with Crippen LogP contribution in [-0.4, -0.2) is 21.5 Å². The molecule has 7 heteroatoms. The molecule has 1 aromatic heterocycles. The summed E-state index contributed by atoms with van der Waals surface area (Å²) in [5.41, 5.74) is 1.72. The van der Waals surface area contributed by atoms with E-state index in [4.69, 9.17) is 0 Å². The number of nitrogens with one attached hydrogen (secondary N) is 2. The van der Waals surface area contributed by atoms with Crippen LogP contribution >= 0.6 is 0 Å². The van der Waals surface area contributed by atoms with Gasteiger partial charge in [-0.25, -0.2) is 9.78 Å². The number of para-hydroxylation sites is 2. The molecule has 0 spiro atoms. The van der Waals surface area contributed by atoms with Crippen molar-refractivity contribution in [2.24, 2.45) is 0 Å². The number of fused-ring (bicyclic) bond motifs is 1. The number of benzene rings is 2. The summed E-state index contributed by atoms with van der Waals surface area (Å²) in [5.74, 6) is -0.607. The summed E-state index contributed by atoms with van der Waals surface area (Å²) >= 11 is 0. The minimum absolute atomic E-state index is 0.294. The third-order valence-corrected chi connectivity index (χ3v) is 3.65. The van der Waals surface area contributed by atoms with Gasteiger partial charge in [-0.1, -0.05) is 30.3 Å². The highest BCUT2D eigenvalue weighted by molar-refractivity contribution is 6.01. The number of imide groups is 1. The van der Waals surface area contributed by atoms with Gasteiger partial charge in [-0.2, -0.15) is 0 Å². The summed E-state index contributed by atoms with van der Waals surface area (Å²) in [6.07, 6.45) is 1.31. The predicted octanol–water partition coefficient (Wildman–Crippen LogP) is 2.05. The molecule has 2 aromatic carbocycles. The van der Waals surface area contributed by atoms with Crippen LogP contribution in [0.25, 0.3) is 10.9 Å². The Hall–Kier alpha value is -3.48. The van der Waals surface area contributed by atoms with Gasteiger partial charge in [0.15, 0.2) is 0 Å². The molecular weight excluding hydrogens is 320 g/mol. The smallest absolute Gasteiger partial charge is 0.308 e. The van der Waals surface area contributed by atoms with Crippen LogP contribution in [0.4, 0.5) is 10.5 Å². The van der Waals surface area contributed by atoms with E-state index in [1.807, 2.05) is 19.1 Å². The molecule has 0 aliphatic rings. The molecule has 3 amide bonds. The minimum Gasteiger partial charge on any atom is -0.308 e. The summed E-state index contributed by atoms with van der Waals surface area (Å²) in [5, 5.41) is 5.16. The fraction of sp³-hybridized carbons (Fsp3) is 0.111. The first-order chi connectivity index (χ1) is 12.0. The SMILES string of the molecule is Cc1cccc2c(=O)n(CC(=O)NC(=O)Nc3ccccc3)cnc12. The Morgan fingerprint density at radius 1 is 1.08 bits per heavy atom. The second-order valence-corrected chi connectivity index (χ2v) is 5.52. The van der Waals surface area contributed by atoms with Crippen molar-refractivity contribution < 1.29 is 9.59 Å². The first-order valence-electron chi connectivity index (χ1n) is 7.65. The maximum Gasteiger partial charge on any atom is 0.325 e. The van der Waals surface area contributed by atoms with E-state index in [9.17, 15) is 14.4 Å². The summed E-state index contributed by atoms with van der Waals surface area (Å²) in [4.78, 5) is 40.5. The number of carbonyl (C=O) groups excluding carboxylic acids is 2. The number of amides is 3. The number of urea groups is 1. The number of nitrogens with zero attached hydrogens (tertiary/aromatic N) is 2. The topological polar surface area (TPSA) is 93.1 Å². The average Bonchev–Trinajstić information content (AvgIpc) is 2.58. The molecule has 3 rings (SSSR count). The molecule has 0 aliphatic carbocycles. The number of carbonyl (C=O) groups is 2. The van der Waals surface area contributed by atoms with E-state index in [2.05, 4.69) is 15.6 Å². The molecule has 0 radical (unpaired) electrons. The van der Waals surface area contributed by atoms with E-state index in [0.717, 1.165) is 5.56 Å². The molecule has 0 atom stereocenters. The quantitative estimate of drug-likeness (QED) is 0.765. The molecule has 0 bridgehead atoms. The van der Waals surface area contributed by atoms with Gasteiger partial charge in [-0.05, 0) is 30.7 Å². The zero-order valence-electron chi connectivity index (χ0n) is 13.5. The summed E-state index contributed by atoms with van der Waals surface area (Å²) in [7, 11) is 0. The second-order valence-electron chi connectivity index (χ2n) is 5.52. The first kappa shape index (κ1) is 16.4. The van der Waals surface area contributed by atoms with Crippen LogP contribution in [0.3, 0.4) is 0 Å². The van der Waals surface area contributed by atoms with E-state index in [-0.39, 0.29) is 12.1 Å². The summed E-state index contributed by atoms with van der Waals surface area (Å²) in [6.45, 7) is 1.57. The van der Waals surface area contributed by atoms with Crippen molar-refractivity contribution >= 4 is 28.5 Å². The van der Waals surface area contributed by atoms with Crippen molar-refractivity contribution in [3.8, 4) is 0 Å². The van der Waals surface area contributed by atoms with E-state index in [0.29, 0.717) is 16.6 Å². The maximum absolute atomic E-state index is 12.4. The van der Waals surface area contributed by atoms with Crippen molar-refractivity contribution in [3.05, 3.63) is 70.8 Å². The third-order valence-electron chi connectivity index (χ3n) is 3.65. The van der Waals surface area contributed by atoms with Gasteiger partial charge in [0.05, 0.1) is 17.2 Å². The van der Waals surface area contributed by atoms with Crippen LogP contribution in [0.5, 0.6) is 0 Å². The molecule has 25 heavy (non-hydrogen) atoms. The molecule has 126 valence electrons. The average molecular weight is 336 g/mol. The van der Waals surface area contributed by atoms with E-state index in [1.165, 1.54) is 10.9 Å². The summed E-state index contributed by atoms with van der Waals surface area (Å²) in [6, 6.07) is 13.4. The van der Waals surface area contributed by atoms with E-state index in [1.54, 1.807) is 36.4 Å². The van der Waals surface area contributed by atoms with Crippen molar-refractivity contribution in [1.29, 1.82) is 0 Å². The standard InChI is InChI=1S/C18H16N4O3/c1-12-6-5-9-14-16(12)19-11-22(17(14)24)10-15(23)21-18(25)20-13-7-3-2-4-8-13/h2-9,11H,10H2,1H3,(H2,20,21,23,25). The largest absolute Gasteiger partial charge is 0.325 e. The minimum atomic E-state index is -0.658. The molecule has 0 saturated heterocycles. The van der Waals surface area contributed by atoms with Gasteiger partial charge in [0.25, 0.3) is 5.56 Å². The zero-order valence-corrected chi connectivity index (χ0v) is 13.5. The lowest BCUT2D eigenvalue weighted by Crippen LogP contribution is -2.38. The highest BCUT2D eigenvalue weighted by Crippen LogP contribution is 2.11. The lowest BCUT2D eigenvalue weighted by Gasteiger charge is -2.09. The lowest BCUT2D eigenvalue weighted by molar-refractivity contribution is -0.120. The Labute approximate surface area is 143 Å². The van der Waals surface area contributed by atoms with Gasteiger partial charge in [-0.15, -0.1) is 0 Å². The molecule has 1 heterocycles. The second kappa shape index (κ2) is 6.96. The molecular formula is C18H16N4O3. The van der Waals surface area contributed by atoms with E-state index >= 15 is 0 Å². The van der Waals surface area contributed by atoms with Crippen LogP contribution in [0.2, 0.25) is 0 Å². The highest BCUT2D eigenvalue weighted by atomic mass is 16.2. The first-order valence-corrected chi connectivity index (χ1v) is 7.65.